The molecule has 86 valence electrons. The summed E-state index contributed by atoms with van der Waals surface area (Å²) in [6, 6.07) is 0. The normalized spacial score (nSPS) is 47.3. The highest BCUT2D eigenvalue weighted by atomic mass is 16.3. The Labute approximate surface area is 92.1 Å². The van der Waals surface area contributed by atoms with Crippen LogP contribution in [0.1, 0.15) is 46.0 Å². The number of carbonyl (C=O) groups excluding carboxylic acids is 1. The van der Waals surface area contributed by atoms with Gasteiger partial charge in [-0.15, -0.1) is 0 Å². The molecule has 0 amide bonds. The Morgan fingerprint density at radius 3 is 2.80 bits per heavy atom. The number of aldehydes is 1. The SMILES string of the molecule is CC(C=O)C1CCC2[C@@H](O)CCC[C@]12C. The molecule has 2 heteroatoms. The highest BCUT2D eigenvalue weighted by Gasteiger charge is 2.52. The van der Waals surface area contributed by atoms with Gasteiger partial charge in [0.25, 0.3) is 0 Å². The van der Waals surface area contributed by atoms with Crippen LogP contribution >= 0.6 is 0 Å². The second kappa shape index (κ2) is 3.89. The van der Waals surface area contributed by atoms with E-state index in [1.807, 2.05) is 6.92 Å². The Morgan fingerprint density at radius 2 is 2.13 bits per heavy atom. The Balaban J connectivity index is 2.20. The predicted molar refractivity (Wildman–Crippen MR) is 59.4 cm³/mol. The van der Waals surface area contributed by atoms with Crippen LogP contribution in [-0.2, 0) is 4.79 Å². The number of rotatable bonds is 2. The number of aliphatic hydroxyl groups excluding tert-OH is 1. The maximum atomic E-state index is 10.9. The minimum atomic E-state index is -0.118. The van der Waals surface area contributed by atoms with Crippen LogP contribution in [0.2, 0.25) is 0 Å². The monoisotopic (exact) mass is 210 g/mol. The quantitative estimate of drug-likeness (QED) is 0.711. The van der Waals surface area contributed by atoms with Gasteiger partial charge in [0.15, 0.2) is 0 Å². The molecule has 0 aromatic heterocycles. The van der Waals surface area contributed by atoms with Gasteiger partial charge in [-0.05, 0) is 42.9 Å². The molecule has 2 nitrogen and oxygen atoms in total. The summed E-state index contributed by atoms with van der Waals surface area (Å²) in [5.74, 6) is 1.10. The first-order valence-electron chi connectivity index (χ1n) is 6.23. The molecule has 2 fully saturated rings. The van der Waals surface area contributed by atoms with Gasteiger partial charge in [0, 0.05) is 5.92 Å². The fourth-order valence-corrected chi connectivity index (χ4v) is 4.15. The Morgan fingerprint density at radius 1 is 1.40 bits per heavy atom. The Kier molecular flexibility index (Phi) is 2.89. The zero-order valence-electron chi connectivity index (χ0n) is 9.78. The third kappa shape index (κ3) is 1.63. The number of hydrogen-bond donors (Lipinski definition) is 1. The standard InChI is InChI=1S/C13H22O2/c1-9(8-14)10-5-6-11-12(15)4-3-7-13(10,11)2/h8-12,15H,3-7H2,1-2H3/t9?,10?,11?,12-,13+/m0/s1. The topological polar surface area (TPSA) is 37.3 Å². The number of aliphatic hydroxyl groups is 1. The van der Waals surface area contributed by atoms with E-state index in [0.717, 1.165) is 32.0 Å². The molecule has 2 rings (SSSR count). The molecule has 15 heavy (non-hydrogen) atoms. The molecule has 0 spiro atoms. The van der Waals surface area contributed by atoms with Gasteiger partial charge >= 0.3 is 0 Å². The Bertz CT molecular complexity index is 251. The summed E-state index contributed by atoms with van der Waals surface area (Å²) in [6.07, 6.45) is 6.49. The molecule has 5 atom stereocenters. The van der Waals surface area contributed by atoms with Crippen molar-refractivity contribution in [2.45, 2.75) is 52.1 Å². The summed E-state index contributed by atoms with van der Waals surface area (Å²) in [5, 5.41) is 10.0. The van der Waals surface area contributed by atoms with E-state index in [1.54, 1.807) is 0 Å². The maximum Gasteiger partial charge on any atom is 0.123 e. The fraction of sp³-hybridized carbons (Fsp3) is 0.923. The second-order valence-electron chi connectivity index (χ2n) is 5.75. The van der Waals surface area contributed by atoms with E-state index >= 15 is 0 Å². The molecule has 0 heterocycles. The lowest BCUT2D eigenvalue weighted by atomic mass is 9.62. The molecular weight excluding hydrogens is 188 g/mol. The van der Waals surface area contributed by atoms with Crippen LogP contribution in [0.5, 0.6) is 0 Å². The van der Waals surface area contributed by atoms with Crippen LogP contribution in [0.4, 0.5) is 0 Å². The van der Waals surface area contributed by atoms with Crippen LogP contribution in [0.15, 0.2) is 0 Å². The summed E-state index contributed by atoms with van der Waals surface area (Å²) < 4.78 is 0. The molecule has 0 bridgehead atoms. The van der Waals surface area contributed by atoms with Crippen molar-refractivity contribution >= 4 is 6.29 Å². The first kappa shape index (κ1) is 11.1. The molecule has 0 aromatic rings. The van der Waals surface area contributed by atoms with Crippen LogP contribution < -0.4 is 0 Å². The van der Waals surface area contributed by atoms with E-state index < -0.39 is 0 Å². The molecule has 2 saturated carbocycles. The summed E-state index contributed by atoms with van der Waals surface area (Å²) >= 11 is 0. The first-order chi connectivity index (χ1) is 7.09. The molecule has 0 aliphatic heterocycles. The second-order valence-corrected chi connectivity index (χ2v) is 5.75. The van der Waals surface area contributed by atoms with Gasteiger partial charge in [-0.1, -0.05) is 20.3 Å². The lowest BCUT2D eigenvalue weighted by Gasteiger charge is -2.44. The number of carbonyl (C=O) groups is 1. The van der Waals surface area contributed by atoms with Gasteiger partial charge in [0.2, 0.25) is 0 Å². The smallest absolute Gasteiger partial charge is 0.123 e. The minimum Gasteiger partial charge on any atom is -0.393 e. The van der Waals surface area contributed by atoms with Crippen molar-refractivity contribution in [2.24, 2.45) is 23.2 Å². The van der Waals surface area contributed by atoms with E-state index in [4.69, 9.17) is 0 Å². The minimum absolute atomic E-state index is 0.118. The average molecular weight is 210 g/mol. The number of fused-ring (bicyclic) bond motifs is 1. The highest BCUT2D eigenvalue weighted by Crippen LogP contribution is 2.57. The van der Waals surface area contributed by atoms with Crippen molar-refractivity contribution in [2.75, 3.05) is 0 Å². The summed E-state index contributed by atoms with van der Waals surface area (Å²) in [6.45, 7) is 4.32. The van der Waals surface area contributed by atoms with Crippen molar-refractivity contribution in [3.05, 3.63) is 0 Å². The summed E-state index contributed by atoms with van der Waals surface area (Å²) in [4.78, 5) is 10.9. The lowest BCUT2D eigenvalue weighted by molar-refractivity contribution is -0.114. The van der Waals surface area contributed by atoms with Gasteiger partial charge in [0.05, 0.1) is 6.10 Å². The van der Waals surface area contributed by atoms with E-state index in [9.17, 15) is 9.90 Å². The van der Waals surface area contributed by atoms with Gasteiger partial charge < -0.3 is 9.90 Å². The van der Waals surface area contributed by atoms with E-state index in [-0.39, 0.29) is 17.4 Å². The summed E-state index contributed by atoms with van der Waals surface area (Å²) in [5.41, 5.74) is 0.220. The summed E-state index contributed by atoms with van der Waals surface area (Å²) in [7, 11) is 0. The van der Waals surface area contributed by atoms with E-state index in [0.29, 0.717) is 11.8 Å². The highest BCUT2D eigenvalue weighted by molar-refractivity contribution is 5.53. The van der Waals surface area contributed by atoms with E-state index in [2.05, 4.69) is 6.92 Å². The third-order valence-corrected chi connectivity index (χ3v) is 5.01. The van der Waals surface area contributed by atoms with Crippen LogP contribution in [0.25, 0.3) is 0 Å². The molecule has 1 N–H and O–H groups in total. The van der Waals surface area contributed by atoms with Crippen molar-refractivity contribution in [1.29, 1.82) is 0 Å². The van der Waals surface area contributed by atoms with Gasteiger partial charge in [-0.25, -0.2) is 0 Å². The molecule has 2 aliphatic rings. The lowest BCUT2D eigenvalue weighted by Crippen LogP contribution is -2.41. The Hall–Kier alpha value is -0.370. The number of hydrogen-bond acceptors (Lipinski definition) is 2. The molecule has 0 aromatic carbocycles. The van der Waals surface area contributed by atoms with Crippen molar-refractivity contribution in [3.8, 4) is 0 Å². The zero-order chi connectivity index (χ0) is 11.1. The van der Waals surface area contributed by atoms with Crippen molar-refractivity contribution in [1.82, 2.24) is 0 Å². The van der Waals surface area contributed by atoms with Crippen LogP contribution in [-0.4, -0.2) is 17.5 Å². The molecular formula is C13H22O2. The van der Waals surface area contributed by atoms with E-state index in [1.165, 1.54) is 6.42 Å². The van der Waals surface area contributed by atoms with Crippen molar-refractivity contribution < 1.29 is 9.90 Å². The first-order valence-corrected chi connectivity index (χ1v) is 6.23. The zero-order valence-corrected chi connectivity index (χ0v) is 9.78. The molecule has 2 aliphatic carbocycles. The van der Waals surface area contributed by atoms with Crippen molar-refractivity contribution in [3.63, 3.8) is 0 Å². The maximum absolute atomic E-state index is 10.9. The average Bonchev–Trinajstić information content (AvgIpc) is 2.56. The predicted octanol–water partition coefficient (Wildman–Crippen LogP) is 2.40. The van der Waals surface area contributed by atoms with Gasteiger partial charge in [0.1, 0.15) is 6.29 Å². The largest absolute Gasteiger partial charge is 0.393 e. The molecule has 3 unspecified atom stereocenters. The molecule has 0 saturated heterocycles. The van der Waals surface area contributed by atoms with Gasteiger partial charge in [-0.3, -0.25) is 0 Å². The van der Waals surface area contributed by atoms with Gasteiger partial charge in [-0.2, -0.15) is 0 Å². The molecule has 0 radical (unpaired) electrons. The van der Waals surface area contributed by atoms with Crippen LogP contribution in [0, 0.1) is 23.2 Å². The van der Waals surface area contributed by atoms with Crippen LogP contribution in [0.3, 0.4) is 0 Å². The fourth-order valence-electron chi connectivity index (χ4n) is 4.15. The third-order valence-electron chi connectivity index (χ3n) is 5.01.